The highest BCUT2D eigenvalue weighted by molar-refractivity contribution is 6.40. The molecule has 1 saturated carbocycles. The van der Waals surface area contributed by atoms with Crippen LogP contribution in [0.2, 0.25) is 10.0 Å². The van der Waals surface area contributed by atoms with Gasteiger partial charge in [0.2, 0.25) is 0 Å². The normalized spacial score (nSPS) is 14.6. The Bertz CT molecular complexity index is 969. The van der Waals surface area contributed by atoms with Crippen LogP contribution in [0.25, 0.3) is 0 Å². The lowest BCUT2D eigenvalue weighted by Crippen LogP contribution is -2.57. The third-order valence-electron chi connectivity index (χ3n) is 5.02. The third kappa shape index (κ3) is 4.54. The fraction of sp³-hybridized carbons (Fsp3) is 0.368. The van der Waals surface area contributed by atoms with Gasteiger partial charge in [-0.05, 0) is 43.4 Å². The molecule has 3 rings (SSSR count). The number of aromatic nitrogens is 2. The van der Waals surface area contributed by atoms with Gasteiger partial charge in [-0.2, -0.15) is 5.10 Å². The zero-order valence-corrected chi connectivity index (χ0v) is 17.4. The maximum Gasteiger partial charge on any atom is 0.343 e. The number of benzene rings is 1. The Morgan fingerprint density at radius 3 is 2.55 bits per heavy atom. The van der Waals surface area contributed by atoms with Gasteiger partial charge in [-0.3, -0.25) is 14.3 Å². The summed E-state index contributed by atoms with van der Waals surface area (Å²) < 4.78 is 5.94. The fourth-order valence-corrected chi connectivity index (χ4v) is 3.76. The van der Waals surface area contributed by atoms with Crippen LogP contribution in [-0.2, 0) is 27.8 Å². The number of ether oxygens (including phenoxy) is 1. The highest BCUT2D eigenvalue weighted by Gasteiger charge is 2.40. The Balaban J connectivity index is 1.71. The Labute approximate surface area is 177 Å². The van der Waals surface area contributed by atoms with E-state index in [0.717, 1.165) is 24.8 Å². The number of carbonyl (C=O) groups is 3. The number of methoxy groups -OCH3 is 1. The summed E-state index contributed by atoms with van der Waals surface area (Å²) in [6.07, 6.45) is 4.13. The van der Waals surface area contributed by atoms with Crippen molar-refractivity contribution in [2.45, 2.75) is 31.2 Å². The summed E-state index contributed by atoms with van der Waals surface area (Å²) in [5.74, 6) is -2.28. The summed E-state index contributed by atoms with van der Waals surface area (Å²) >= 11 is 12.2. The molecule has 2 amide bonds. The molecule has 10 heteroatoms. The van der Waals surface area contributed by atoms with Gasteiger partial charge >= 0.3 is 17.8 Å². The number of amides is 2. The zero-order valence-electron chi connectivity index (χ0n) is 15.9. The number of nitrogens with zero attached hydrogens (tertiary/aromatic N) is 2. The van der Waals surface area contributed by atoms with Crippen LogP contribution >= 0.6 is 23.2 Å². The molecule has 0 aliphatic heterocycles. The summed E-state index contributed by atoms with van der Waals surface area (Å²) in [4.78, 5) is 36.8. The molecule has 0 unspecified atom stereocenters. The predicted molar refractivity (Wildman–Crippen MR) is 108 cm³/mol. The number of hydrogen-bond acceptors (Lipinski definition) is 5. The number of rotatable bonds is 5. The molecule has 1 aromatic carbocycles. The first-order valence-corrected chi connectivity index (χ1v) is 9.68. The molecule has 2 aromatic rings. The van der Waals surface area contributed by atoms with Crippen molar-refractivity contribution in [2.75, 3.05) is 12.4 Å². The highest BCUT2D eigenvalue weighted by atomic mass is 35.5. The van der Waals surface area contributed by atoms with Crippen LogP contribution in [0.3, 0.4) is 0 Å². The van der Waals surface area contributed by atoms with E-state index < -0.39 is 23.3 Å². The van der Waals surface area contributed by atoms with E-state index in [4.69, 9.17) is 23.2 Å². The van der Waals surface area contributed by atoms with Gasteiger partial charge in [0.25, 0.3) is 0 Å². The number of aryl methyl sites for hydroxylation is 1. The minimum Gasteiger partial charge on any atom is -0.465 e. The monoisotopic (exact) mass is 438 g/mol. The van der Waals surface area contributed by atoms with Crippen molar-refractivity contribution in [1.82, 2.24) is 15.1 Å². The minimum atomic E-state index is -0.896. The maximum absolute atomic E-state index is 12.5. The van der Waals surface area contributed by atoms with Gasteiger partial charge in [-0.15, -0.1) is 0 Å². The molecule has 1 aliphatic rings. The lowest BCUT2D eigenvalue weighted by atomic mass is 9.72. The first kappa shape index (κ1) is 21.1. The molecule has 1 aromatic heterocycles. The molecule has 0 bridgehead atoms. The minimum absolute atomic E-state index is 0.0578. The summed E-state index contributed by atoms with van der Waals surface area (Å²) in [5, 5.41) is 10.2. The summed E-state index contributed by atoms with van der Waals surface area (Å²) in [5.41, 5.74) is 0.349. The molecule has 1 heterocycles. The molecule has 1 aliphatic carbocycles. The molecule has 1 fully saturated rings. The van der Waals surface area contributed by atoms with Crippen LogP contribution in [-0.4, -0.2) is 40.2 Å². The van der Waals surface area contributed by atoms with Gasteiger partial charge in [0.1, 0.15) is 11.4 Å². The van der Waals surface area contributed by atoms with Gasteiger partial charge in [-0.25, -0.2) is 4.79 Å². The van der Waals surface area contributed by atoms with Gasteiger partial charge in [-0.1, -0.05) is 29.3 Å². The van der Waals surface area contributed by atoms with Crippen LogP contribution in [0.4, 0.5) is 5.82 Å². The molecule has 8 nitrogen and oxygen atoms in total. The molecule has 0 radical (unpaired) electrons. The van der Waals surface area contributed by atoms with Crippen LogP contribution in [0.1, 0.15) is 35.2 Å². The first-order chi connectivity index (χ1) is 13.7. The van der Waals surface area contributed by atoms with Crippen molar-refractivity contribution in [2.24, 2.45) is 7.05 Å². The lowest BCUT2D eigenvalue weighted by Gasteiger charge is -2.42. The second-order valence-electron chi connectivity index (χ2n) is 6.98. The van der Waals surface area contributed by atoms with Gasteiger partial charge in [0, 0.05) is 22.6 Å². The van der Waals surface area contributed by atoms with Crippen LogP contribution in [0, 0.1) is 0 Å². The highest BCUT2D eigenvalue weighted by Crippen LogP contribution is 2.37. The van der Waals surface area contributed by atoms with Gasteiger partial charge < -0.3 is 15.4 Å². The van der Waals surface area contributed by atoms with Crippen molar-refractivity contribution in [3.63, 3.8) is 0 Å². The molecule has 0 atom stereocenters. The SMILES string of the molecule is COC(=O)c1cnn(C)c1NC(=O)C(=O)NC1(Cc2ccc(Cl)cc2Cl)CCC1. The predicted octanol–water partition coefficient (Wildman–Crippen LogP) is 2.73. The summed E-state index contributed by atoms with van der Waals surface area (Å²) in [6.45, 7) is 0. The van der Waals surface area contributed by atoms with E-state index in [9.17, 15) is 14.4 Å². The molecule has 0 spiro atoms. The Morgan fingerprint density at radius 2 is 1.97 bits per heavy atom. The van der Waals surface area contributed by atoms with E-state index in [0.29, 0.717) is 16.5 Å². The summed E-state index contributed by atoms with van der Waals surface area (Å²) in [7, 11) is 2.76. The van der Waals surface area contributed by atoms with Crippen molar-refractivity contribution >= 4 is 46.8 Å². The van der Waals surface area contributed by atoms with Crippen molar-refractivity contribution in [3.8, 4) is 0 Å². The van der Waals surface area contributed by atoms with Gasteiger partial charge in [0.15, 0.2) is 0 Å². The zero-order chi connectivity index (χ0) is 21.2. The van der Waals surface area contributed by atoms with Crippen LogP contribution in [0.5, 0.6) is 0 Å². The Kier molecular flexibility index (Phi) is 6.14. The number of anilines is 1. The van der Waals surface area contributed by atoms with E-state index in [2.05, 4.69) is 20.5 Å². The fourth-order valence-electron chi connectivity index (χ4n) is 3.29. The Morgan fingerprint density at radius 1 is 1.24 bits per heavy atom. The van der Waals surface area contributed by atoms with E-state index in [1.807, 2.05) is 6.07 Å². The lowest BCUT2D eigenvalue weighted by molar-refractivity contribution is -0.138. The third-order valence-corrected chi connectivity index (χ3v) is 5.60. The second-order valence-corrected chi connectivity index (χ2v) is 7.82. The number of esters is 1. The summed E-state index contributed by atoms with van der Waals surface area (Å²) in [6, 6.07) is 5.20. The van der Waals surface area contributed by atoms with Crippen molar-refractivity contribution < 1.29 is 19.1 Å². The number of halogens is 2. The molecular formula is C19H20Cl2N4O4. The van der Waals surface area contributed by atoms with E-state index >= 15 is 0 Å². The van der Waals surface area contributed by atoms with Crippen molar-refractivity contribution in [1.29, 1.82) is 0 Å². The largest absolute Gasteiger partial charge is 0.465 e. The van der Waals surface area contributed by atoms with Crippen LogP contribution < -0.4 is 10.6 Å². The van der Waals surface area contributed by atoms with E-state index in [-0.39, 0.29) is 11.4 Å². The molecule has 29 heavy (non-hydrogen) atoms. The number of nitrogens with one attached hydrogen (secondary N) is 2. The molecule has 2 N–H and O–H groups in total. The van der Waals surface area contributed by atoms with Crippen molar-refractivity contribution in [3.05, 3.63) is 45.6 Å². The first-order valence-electron chi connectivity index (χ1n) is 8.92. The quantitative estimate of drug-likeness (QED) is 0.551. The smallest absolute Gasteiger partial charge is 0.343 e. The maximum atomic E-state index is 12.5. The number of carbonyl (C=O) groups excluding carboxylic acids is 3. The van der Waals surface area contributed by atoms with Crippen LogP contribution in [0.15, 0.2) is 24.4 Å². The molecule has 0 saturated heterocycles. The average Bonchev–Trinajstić information content (AvgIpc) is 3.01. The van der Waals surface area contributed by atoms with Gasteiger partial charge in [0.05, 0.1) is 13.3 Å². The Hall–Kier alpha value is -2.58. The number of hydrogen-bond donors (Lipinski definition) is 2. The molecular weight excluding hydrogens is 419 g/mol. The molecule has 154 valence electrons. The van der Waals surface area contributed by atoms with E-state index in [1.54, 1.807) is 12.1 Å². The topological polar surface area (TPSA) is 102 Å². The standard InChI is InChI=1S/C19H20Cl2N4O4/c1-25-15(13(10-22-25)18(28)29-2)23-16(26)17(27)24-19(6-3-7-19)9-11-4-5-12(20)8-14(11)21/h4-5,8,10H,3,6-7,9H2,1-2H3,(H,23,26)(H,24,27). The van der Waals surface area contributed by atoms with E-state index in [1.165, 1.54) is 25.0 Å². The second kappa shape index (κ2) is 8.42. The average molecular weight is 439 g/mol.